The molecule has 148 valence electrons. The van der Waals surface area contributed by atoms with E-state index < -0.39 is 0 Å². The Morgan fingerprint density at radius 3 is 2.43 bits per heavy atom. The maximum atomic E-state index is 11.5. The number of pyridine rings is 2. The van der Waals surface area contributed by atoms with E-state index >= 15 is 0 Å². The molecular formula is C23H20N6O. The van der Waals surface area contributed by atoms with Crippen molar-refractivity contribution in [3.8, 4) is 22.4 Å². The van der Waals surface area contributed by atoms with Gasteiger partial charge in [-0.3, -0.25) is 4.79 Å². The van der Waals surface area contributed by atoms with Crippen molar-refractivity contribution in [2.75, 3.05) is 23.7 Å². The number of ketones is 1. The molecule has 1 saturated heterocycles. The van der Waals surface area contributed by atoms with Crippen molar-refractivity contribution in [1.29, 1.82) is 0 Å². The molecule has 0 amide bonds. The smallest absolute Gasteiger partial charge is 0.165 e. The van der Waals surface area contributed by atoms with Crippen molar-refractivity contribution >= 4 is 28.5 Å². The summed E-state index contributed by atoms with van der Waals surface area (Å²) in [6.07, 6.45) is 4.41. The maximum Gasteiger partial charge on any atom is 0.165 e. The monoisotopic (exact) mass is 396 g/mol. The number of hydrogen-bond acceptors (Lipinski definition) is 7. The lowest BCUT2D eigenvalue weighted by molar-refractivity contribution is -0.119. The van der Waals surface area contributed by atoms with Crippen LogP contribution in [0.15, 0.2) is 61.1 Å². The fourth-order valence-electron chi connectivity index (χ4n) is 3.79. The number of hydrogen-bond donors (Lipinski definition) is 1. The highest BCUT2D eigenvalue weighted by Crippen LogP contribution is 2.33. The molecule has 0 radical (unpaired) electrons. The zero-order valence-corrected chi connectivity index (χ0v) is 16.3. The number of aromatic nitrogens is 4. The number of rotatable bonds is 3. The molecule has 0 atom stereocenters. The van der Waals surface area contributed by atoms with Gasteiger partial charge in [0, 0.05) is 37.7 Å². The van der Waals surface area contributed by atoms with E-state index in [0.29, 0.717) is 43.2 Å². The number of nitrogens with zero attached hydrogens (tertiary/aromatic N) is 5. The third kappa shape index (κ3) is 3.34. The Labute approximate surface area is 173 Å². The molecule has 4 aromatic rings. The number of Topliss-reactive ketones (excluding diaryl/α,β-unsaturated/α-hetero) is 1. The van der Waals surface area contributed by atoms with Gasteiger partial charge in [0.25, 0.3) is 0 Å². The summed E-state index contributed by atoms with van der Waals surface area (Å²) in [4.78, 5) is 31.5. The Kier molecular flexibility index (Phi) is 4.55. The minimum Gasteiger partial charge on any atom is -0.383 e. The first kappa shape index (κ1) is 18.2. The van der Waals surface area contributed by atoms with Gasteiger partial charge in [-0.2, -0.15) is 0 Å². The fraction of sp³-hybridized carbons (Fsp3) is 0.174. The second-order valence-electron chi connectivity index (χ2n) is 7.31. The van der Waals surface area contributed by atoms with Crippen LogP contribution in [0.2, 0.25) is 0 Å². The summed E-state index contributed by atoms with van der Waals surface area (Å²) in [7, 11) is 0. The molecule has 0 saturated carbocycles. The second-order valence-corrected chi connectivity index (χ2v) is 7.31. The van der Waals surface area contributed by atoms with Crippen LogP contribution in [0.4, 0.5) is 11.6 Å². The molecule has 1 aliphatic heterocycles. The van der Waals surface area contributed by atoms with Crippen molar-refractivity contribution in [2.24, 2.45) is 0 Å². The zero-order chi connectivity index (χ0) is 20.5. The van der Waals surface area contributed by atoms with Crippen molar-refractivity contribution in [1.82, 2.24) is 19.9 Å². The third-order valence-corrected chi connectivity index (χ3v) is 5.41. The van der Waals surface area contributed by atoms with Gasteiger partial charge in [0.05, 0.1) is 11.1 Å². The van der Waals surface area contributed by atoms with E-state index in [-0.39, 0.29) is 0 Å². The number of piperidine rings is 1. The molecule has 7 heteroatoms. The van der Waals surface area contributed by atoms with Crippen LogP contribution in [0.25, 0.3) is 33.4 Å². The van der Waals surface area contributed by atoms with Crippen LogP contribution in [-0.2, 0) is 4.79 Å². The molecule has 0 aliphatic carbocycles. The van der Waals surface area contributed by atoms with Crippen LogP contribution in [0.3, 0.4) is 0 Å². The lowest BCUT2D eigenvalue weighted by Gasteiger charge is -2.27. The molecule has 7 nitrogen and oxygen atoms in total. The van der Waals surface area contributed by atoms with E-state index in [0.717, 1.165) is 33.6 Å². The van der Waals surface area contributed by atoms with Crippen molar-refractivity contribution < 1.29 is 4.79 Å². The van der Waals surface area contributed by atoms with Gasteiger partial charge in [-0.15, -0.1) is 0 Å². The molecular weight excluding hydrogens is 376 g/mol. The Bertz CT molecular complexity index is 1210. The maximum absolute atomic E-state index is 11.5. The van der Waals surface area contributed by atoms with Gasteiger partial charge in [0.1, 0.15) is 23.7 Å². The summed E-state index contributed by atoms with van der Waals surface area (Å²) in [5.74, 6) is 1.60. The fourth-order valence-corrected chi connectivity index (χ4v) is 3.79. The summed E-state index contributed by atoms with van der Waals surface area (Å²) in [5, 5.41) is 0.745. The average molecular weight is 396 g/mol. The molecule has 5 rings (SSSR count). The minimum absolute atomic E-state index is 0.318. The number of nitrogen functional groups attached to an aromatic ring is 1. The highest BCUT2D eigenvalue weighted by molar-refractivity contribution is 6.00. The number of carbonyl (C=O) groups is 1. The summed E-state index contributed by atoms with van der Waals surface area (Å²) < 4.78 is 0. The lowest BCUT2D eigenvalue weighted by atomic mass is 10.0. The van der Waals surface area contributed by atoms with Crippen LogP contribution in [-0.4, -0.2) is 38.8 Å². The van der Waals surface area contributed by atoms with E-state index in [1.165, 1.54) is 6.33 Å². The number of benzene rings is 1. The normalized spacial score (nSPS) is 14.3. The molecule has 4 heterocycles. The standard InChI is InChI=1S/C23H20N6O/c24-22-21-18(15-4-2-1-3-5-15)12-19(28-23(21)27-14-26-22)16-6-7-20(25-13-16)29-10-8-17(30)9-11-29/h1-7,12-14H,8-11H2,(H2,24,26,27,28). The van der Waals surface area contributed by atoms with Gasteiger partial charge >= 0.3 is 0 Å². The van der Waals surface area contributed by atoms with Crippen LogP contribution in [0.5, 0.6) is 0 Å². The molecule has 3 aromatic heterocycles. The largest absolute Gasteiger partial charge is 0.383 e. The van der Waals surface area contributed by atoms with Crippen LogP contribution in [0, 0.1) is 0 Å². The summed E-state index contributed by atoms with van der Waals surface area (Å²) in [6, 6.07) is 16.0. The van der Waals surface area contributed by atoms with Gasteiger partial charge in [-0.1, -0.05) is 30.3 Å². The first-order chi connectivity index (χ1) is 14.7. The number of anilines is 2. The van der Waals surface area contributed by atoms with E-state index in [4.69, 9.17) is 10.7 Å². The summed E-state index contributed by atoms with van der Waals surface area (Å²) >= 11 is 0. The Morgan fingerprint density at radius 2 is 1.70 bits per heavy atom. The van der Waals surface area contributed by atoms with E-state index in [9.17, 15) is 4.79 Å². The third-order valence-electron chi connectivity index (χ3n) is 5.41. The highest BCUT2D eigenvalue weighted by Gasteiger charge is 2.18. The van der Waals surface area contributed by atoms with Crippen molar-refractivity contribution in [2.45, 2.75) is 12.8 Å². The molecule has 0 bridgehead atoms. The summed E-state index contributed by atoms with van der Waals surface area (Å²) in [5.41, 5.74) is 10.3. The Hall–Kier alpha value is -3.87. The number of nitrogens with two attached hydrogens (primary N) is 1. The first-order valence-electron chi connectivity index (χ1n) is 9.89. The molecule has 1 aromatic carbocycles. The number of carbonyl (C=O) groups excluding carboxylic acids is 1. The van der Waals surface area contributed by atoms with Crippen molar-refractivity contribution in [3.05, 3.63) is 61.1 Å². The molecule has 0 unspecified atom stereocenters. The molecule has 1 aliphatic rings. The van der Waals surface area contributed by atoms with Crippen LogP contribution < -0.4 is 10.6 Å². The second kappa shape index (κ2) is 7.51. The average Bonchev–Trinajstić information content (AvgIpc) is 2.80. The quantitative estimate of drug-likeness (QED) is 0.566. The van der Waals surface area contributed by atoms with Crippen molar-refractivity contribution in [3.63, 3.8) is 0 Å². The molecule has 2 N–H and O–H groups in total. The first-order valence-corrected chi connectivity index (χ1v) is 9.89. The topological polar surface area (TPSA) is 97.9 Å². The summed E-state index contributed by atoms with van der Waals surface area (Å²) in [6.45, 7) is 1.43. The Balaban J connectivity index is 1.57. The van der Waals surface area contributed by atoms with Crippen LogP contribution >= 0.6 is 0 Å². The zero-order valence-electron chi connectivity index (χ0n) is 16.3. The van der Waals surface area contributed by atoms with E-state index in [1.807, 2.05) is 54.7 Å². The van der Waals surface area contributed by atoms with Gasteiger partial charge in [-0.05, 0) is 29.3 Å². The van der Waals surface area contributed by atoms with E-state index in [1.54, 1.807) is 0 Å². The predicted octanol–water partition coefficient (Wildman–Crippen LogP) is 3.51. The minimum atomic E-state index is 0.318. The molecule has 1 fully saturated rings. The van der Waals surface area contributed by atoms with Gasteiger partial charge in [-0.25, -0.2) is 19.9 Å². The Morgan fingerprint density at radius 1 is 0.900 bits per heavy atom. The lowest BCUT2D eigenvalue weighted by Crippen LogP contribution is -2.34. The van der Waals surface area contributed by atoms with Crippen LogP contribution in [0.1, 0.15) is 12.8 Å². The van der Waals surface area contributed by atoms with Gasteiger partial charge in [0.2, 0.25) is 0 Å². The molecule has 30 heavy (non-hydrogen) atoms. The number of fused-ring (bicyclic) bond motifs is 1. The predicted molar refractivity (Wildman–Crippen MR) is 117 cm³/mol. The highest BCUT2D eigenvalue weighted by atomic mass is 16.1. The van der Waals surface area contributed by atoms with Gasteiger partial charge < -0.3 is 10.6 Å². The SMILES string of the molecule is Nc1ncnc2nc(-c3ccc(N4CCC(=O)CC4)nc3)cc(-c3ccccc3)c12. The molecule has 0 spiro atoms. The van der Waals surface area contributed by atoms with E-state index in [2.05, 4.69) is 19.9 Å². The van der Waals surface area contributed by atoms with Gasteiger partial charge in [0.15, 0.2) is 5.65 Å².